The average Bonchev–Trinajstić information content (AvgIpc) is 2.65. The molecule has 0 spiro atoms. The van der Waals surface area contributed by atoms with Crippen molar-refractivity contribution in [3.8, 4) is 0 Å². The minimum Gasteiger partial charge on any atom is -0.380 e. The van der Waals surface area contributed by atoms with E-state index in [1.54, 1.807) is 0 Å². The van der Waals surface area contributed by atoms with Crippen molar-refractivity contribution >= 4 is 6.29 Å². The number of carbonyl (C=O) groups is 1. The van der Waals surface area contributed by atoms with Gasteiger partial charge in [0.05, 0.1) is 12.0 Å². The predicted molar refractivity (Wildman–Crippen MR) is 52.6 cm³/mol. The maximum absolute atomic E-state index is 11.1. The smallest absolute Gasteiger partial charge is 0.128 e. The Balaban J connectivity index is 2.69. The van der Waals surface area contributed by atoms with Crippen LogP contribution in [0.1, 0.15) is 33.6 Å². The van der Waals surface area contributed by atoms with Crippen molar-refractivity contribution in [1.29, 1.82) is 0 Å². The fourth-order valence-corrected chi connectivity index (χ4v) is 2.08. The molecule has 1 rings (SSSR count). The van der Waals surface area contributed by atoms with Crippen LogP contribution in [0.25, 0.3) is 0 Å². The first-order chi connectivity index (χ1) is 6.16. The van der Waals surface area contributed by atoms with Crippen LogP contribution in [0.15, 0.2) is 0 Å². The molecule has 1 saturated heterocycles. The average molecular weight is 184 g/mol. The third-order valence-corrected chi connectivity index (χ3v) is 3.72. The molecular weight excluding hydrogens is 164 g/mol. The molecule has 1 fully saturated rings. The zero-order valence-corrected chi connectivity index (χ0v) is 8.88. The van der Waals surface area contributed by atoms with Crippen LogP contribution in [0.4, 0.5) is 0 Å². The third-order valence-electron chi connectivity index (χ3n) is 3.72. The lowest BCUT2D eigenvalue weighted by molar-refractivity contribution is -0.120. The van der Waals surface area contributed by atoms with Crippen molar-refractivity contribution in [1.82, 2.24) is 0 Å². The van der Waals surface area contributed by atoms with Gasteiger partial charge in [0.1, 0.15) is 6.29 Å². The molecule has 0 aromatic rings. The number of hydrogen-bond acceptors (Lipinski definition) is 2. The summed E-state index contributed by atoms with van der Waals surface area (Å²) in [4.78, 5) is 11.1. The summed E-state index contributed by atoms with van der Waals surface area (Å²) in [6.45, 7) is 7.95. The molecule has 3 atom stereocenters. The predicted octanol–water partition coefficient (Wildman–Crippen LogP) is 2.27. The normalized spacial score (nSPS) is 32.8. The summed E-state index contributed by atoms with van der Waals surface area (Å²) >= 11 is 0. The van der Waals surface area contributed by atoms with Crippen LogP contribution in [0, 0.1) is 17.3 Å². The first-order valence-corrected chi connectivity index (χ1v) is 5.20. The van der Waals surface area contributed by atoms with E-state index in [1.807, 2.05) is 0 Å². The maximum Gasteiger partial charge on any atom is 0.128 e. The molecule has 2 heteroatoms. The Kier molecular flexibility index (Phi) is 3.48. The molecule has 76 valence electrons. The second kappa shape index (κ2) is 4.23. The zero-order valence-electron chi connectivity index (χ0n) is 8.88. The van der Waals surface area contributed by atoms with Gasteiger partial charge in [-0.3, -0.25) is 0 Å². The van der Waals surface area contributed by atoms with E-state index < -0.39 is 0 Å². The summed E-state index contributed by atoms with van der Waals surface area (Å²) in [6, 6.07) is 0. The quantitative estimate of drug-likeness (QED) is 0.626. The van der Waals surface area contributed by atoms with Crippen LogP contribution in [0.3, 0.4) is 0 Å². The topological polar surface area (TPSA) is 26.3 Å². The highest BCUT2D eigenvalue weighted by atomic mass is 16.5. The molecule has 3 unspecified atom stereocenters. The van der Waals surface area contributed by atoms with E-state index >= 15 is 0 Å². The highest BCUT2D eigenvalue weighted by Gasteiger charge is 2.41. The standard InChI is InChI=1S/C11H20O2/c1-4-9(2)10(3)11(7-12)5-6-13-8-11/h7,9-10H,4-6,8H2,1-3H3. The van der Waals surface area contributed by atoms with Gasteiger partial charge in [0.15, 0.2) is 0 Å². The van der Waals surface area contributed by atoms with Crippen LogP contribution < -0.4 is 0 Å². The van der Waals surface area contributed by atoms with E-state index in [0.717, 1.165) is 25.7 Å². The monoisotopic (exact) mass is 184 g/mol. The summed E-state index contributed by atoms with van der Waals surface area (Å²) in [5.41, 5.74) is -0.185. The minimum atomic E-state index is -0.185. The molecule has 1 aliphatic rings. The van der Waals surface area contributed by atoms with Gasteiger partial charge in [0.25, 0.3) is 0 Å². The molecule has 2 nitrogen and oxygen atoms in total. The number of aldehydes is 1. The van der Waals surface area contributed by atoms with Crippen molar-refractivity contribution in [2.45, 2.75) is 33.6 Å². The van der Waals surface area contributed by atoms with E-state index in [0.29, 0.717) is 18.4 Å². The molecule has 0 radical (unpaired) electrons. The summed E-state index contributed by atoms with van der Waals surface area (Å²) in [5.74, 6) is 1.05. The Labute approximate surface area is 80.7 Å². The molecule has 13 heavy (non-hydrogen) atoms. The highest BCUT2D eigenvalue weighted by Crippen LogP contribution is 2.39. The van der Waals surface area contributed by atoms with Gasteiger partial charge in [0.2, 0.25) is 0 Å². The molecule has 0 aromatic heterocycles. The molecule has 1 heterocycles. The van der Waals surface area contributed by atoms with Crippen LogP contribution in [0.2, 0.25) is 0 Å². The van der Waals surface area contributed by atoms with E-state index in [4.69, 9.17) is 4.74 Å². The molecule has 0 N–H and O–H groups in total. The van der Waals surface area contributed by atoms with E-state index in [2.05, 4.69) is 20.8 Å². The Bertz CT molecular complexity index is 171. The summed E-state index contributed by atoms with van der Waals surface area (Å²) in [7, 11) is 0. The second-order valence-electron chi connectivity index (χ2n) is 4.33. The van der Waals surface area contributed by atoms with Crippen LogP contribution >= 0.6 is 0 Å². The zero-order chi connectivity index (χ0) is 9.90. The molecule has 0 aromatic carbocycles. The van der Waals surface area contributed by atoms with Crippen LogP contribution in [-0.2, 0) is 9.53 Å². The van der Waals surface area contributed by atoms with Gasteiger partial charge in [-0.05, 0) is 18.3 Å². The van der Waals surface area contributed by atoms with Crippen LogP contribution in [-0.4, -0.2) is 19.5 Å². The van der Waals surface area contributed by atoms with E-state index in [9.17, 15) is 4.79 Å². The summed E-state index contributed by atoms with van der Waals surface area (Å²) in [5, 5.41) is 0. The van der Waals surface area contributed by atoms with Crippen molar-refractivity contribution in [2.24, 2.45) is 17.3 Å². The summed E-state index contributed by atoms with van der Waals surface area (Å²) in [6.07, 6.45) is 3.16. The lowest BCUT2D eigenvalue weighted by Crippen LogP contribution is -2.34. The van der Waals surface area contributed by atoms with Crippen LogP contribution in [0.5, 0.6) is 0 Å². The van der Waals surface area contributed by atoms with Gasteiger partial charge in [-0.2, -0.15) is 0 Å². The fraction of sp³-hybridized carbons (Fsp3) is 0.909. The van der Waals surface area contributed by atoms with Gasteiger partial charge in [-0.1, -0.05) is 27.2 Å². The lowest BCUT2D eigenvalue weighted by atomic mass is 9.70. The van der Waals surface area contributed by atoms with Gasteiger partial charge in [0, 0.05) is 6.61 Å². The first-order valence-electron chi connectivity index (χ1n) is 5.20. The molecule has 0 saturated carbocycles. The highest BCUT2D eigenvalue weighted by molar-refractivity contribution is 5.60. The Morgan fingerprint density at radius 1 is 1.54 bits per heavy atom. The Morgan fingerprint density at radius 2 is 2.23 bits per heavy atom. The second-order valence-corrected chi connectivity index (χ2v) is 4.33. The number of ether oxygens (including phenoxy) is 1. The Hall–Kier alpha value is -0.370. The molecular formula is C11H20O2. The summed E-state index contributed by atoms with van der Waals surface area (Å²) < 4.78 is 5.34. The lowest BCUT2D eigenvalue weighted by Gasteiger charge is -2.32. The first kappa shape index (κ1) is 10.7. The third kappa shape index (κ3) is 1.93. The number of carbonyl (C=O) groups excluding carboxylic acids is 1. The SMILES string of the molecule is CCC(C)C(C)C1(C=O)CCOC1. The number of hydrogen-bond donors (Lipinski definition) is 0. The molecule has 1 aliphatic heterocycles. The van der Waals surface area contributed by atoms with Gasteiger partial charge >= 0.3 is 0 Å². The molecule has 0 amide bonds. The largest absolute Gasteiger partial charge is 0.380 e. The Morgan fingerprint density at radius 3 is 2.62 bits per heavy atom. The number of rotatable bonds is 4. The van der Waals surface area contributed by atoms with Crippen molar-refractivity contribution in [3.63, 3.8) is 0 Å². The van der Waals surface area contributed by atoms with Crippen molar-refractivity contribution in [2.75, 3.05) is 13.2 Å². The van der Waals surface area contributed by atoms with Gasteiger partial charge in [-0.15, -0.1) is 0 Å². The molecule has 0 aliphatic carbocycles. The van der Waals surface area contributed by atoms with E-state index in [1.165, 1.54) is 0 Å². The van der Waals surface area contributed by atoms with E-state index in [-0.39, 0.29) is 5.41 Å². The van der Waals surface area contributed by atoms with Gasteiger partial charge in [-0.25, -0.2) is 0 Å². The fourth-order valence-electron chi connectivity index (χ4n) is 2.08. The minimum absolute atomic E-state index is 0.185. The maximum atomic E-state index is 11.1. The van der Waals surface area contributed by atoms with Gasteiger partial charge < -0.3 is 9.53 Å². The molecule has 0 bridgehead atoms. The van der Waals surface area contributed by atoms with Crippen molar-refractivity contribution in [3.05, 3.63) is 0 Å². The van der Waals surface area contributed by atoms with Crippen molar-refractivity contribution < 1.29 is 9.53 Å².